The van der Waals surface area contributed by atoms with Crippen molar-refractivity contribution >= 4 is 11.6 Å². The second-order valence-corrected chi connectivity index (χ2v) is 6.29. The molecule has 4 rings (SSSR count). The standard InChI is InChI=1S/C18H21N3O4/c22-18(17-12-24-15-6-1-2-7-16(15)25-17)20-13-9-19-21(10-13)11-14-5-3-4-8-23-14/h1-2,6-7,9-10,14,17H,3-5,8,11-12H2,(H,20,22)/t14-,17-/m1/s1. The van der Waals surface area contributed by atoms with Crippen LogP contribution in [0.15, 0.2) is 36.7 Å². The van der Waals surface area contributed by atoms with Gasteiger partial charge in [-0.3, -0.25) is 9.48 Å². The highest BCUT2D eigenvalue weighted by Crippen LogP contribution is 2.31. The third kappa shape index (κ3) is 3.76. The van der Waals surface area contributed by atoms with Crippen molar-refractivity contribution in [3.05, 3.63) is 36.7 Å². The number of carbonyl (C=O) groups is 1. The summed E-state index contributed by atoms with van der Waals surface area (Å²) < 4.78 is 18.8. The molecule has 7 nitrogen and oxygen atoms in total. The van der Waals surface area contributed by atoms with E-state index in [-0.39, 0.29) is 18.6 Å². The number of aromatic nitrogens is 2. The molecule has 1 saturated heterocycles. The molecular formula is C18H21N3O4. The Morgan fingerprint density at radius 3 is 3.00 bits per heavy atom. The summed E-state index contributed by atoms with van der Waals surface area (Å²) in [7, 11) is 0. The molecule has 25 heavy (non-hydrogen) atoms. The largest absolute Gasteiger partial charge is 0.485 e. The number of anilines is 1. The van der Waals surface area contributed by atoms with Crippen molar-refractivity contribution < 1.29 is 19.0 Å². The first-order valence-corrected chi connectivity index (χ1v) is 8.61. The van der Waals surface area contributed by atoms with E-state index in [2.05, 4.69) is 10.4 Å². The van der Waals surface area contributed by atoms with Crippen molar-refractivity contribution in [1.29, 1.82) is 0 Å². The highest BCUT2D eigenvalue weighted by molar-refractivity contribution is 5.94. The Bertz CT molecular complexity index is 739. The second-order valence-electron chi connectivity index (χ2n) is 6.29. The summed E-state index contributed by atoms with van der Waals surface area (Å²) >= 11 is 0. The molecule has 132 valence electrons. The minimum atomic E-state index is -0.681. The number of hydrogen-bond acceptors (Lipinski definition) is 5. The maximum absolute atomic E-state index is 12.4. The van der Waals surface area contributed by atoms with E-state index < -0.39 is 6.10 Å². The lowest BCUT2D eigenvalue weighted by molar-refractivity contribution is -0.125. The molecule has 7 heteroatoms. The van der Waals surface area contributed by atoms with Crippen LogP contribution in [0, 0.1) is 0 Å². The molecule has 0 unspecified atom stereocenters. The molecule has 1 N–H and O–H groups in total. The second kappa shape index (κ2) is 7.14. The van der Waals surface area contributed by atoms with Gasteiger partial charge in [0.15, 0.2) is 11.5 Å². The first kappa shape index (κ1) is 16.0. The van der Waals surface area contributed by atoms with Crippen LogP contribution in [0.4, 0.5) is 5.69 Å². The molecule has 0 saturated carbocycles. The van der Waals surface area contributed by atoms with Crippen LogP contribution in [-0.4, -0.2) is 41.1 Å². The lowest BCUT2D eigenvalue weighted by atomic mass is 10.1. The maximum atomic E-state index is 12.4. The van der Waals surface area contributed by atoms with Crippen LogP contribution < -0.4 is 14.8 Å². The normalized spacial score (nSPS) is 22.4. The number of nitrogens with zero attached hydrogens (tertiary/aromatic N) is 2. The van der Waals surface area contributed by atoms with Gasteiger partial charge in [0.2, 0.25) is 6.10 Å². The smallest absolute Gasteiger partial charge is 0.269 e. The molecule has 0 aliphatic carbocycles. The summed E-state index contributed by atoms with van der Waals surface area (Å²) in [5.41, 5.74) is 0.642. The van der Waals surface area contributed by atoms with Crippen molar-refractivity contribution in [2.45, 2.75) is 38.0 Å². The number of nitrogens with one attached hydrogen (secondary N) is 1. The van der Waals surface area contributed by atoms with E-state index in [9.17, 15) is 4.79 Å². The number of rotatable bonds is 4. The summed E-state index contributed by atoms with van der Waals surface area (Å²) in [5.74, 6) is 0.994. The molecule has 1 amide bonds. The van der Waals surface area contributed by atoms with Gasteiger partial charge in [-0.2, -0.15) is 5.10 Å². The number of carbonyl (C=O) groups excluding carboxylic acids is 1. The van der Waals surface area contributed by atoms with Gasteiger partial charge in [0, 0.05) is 12.8 Å². The Morgan fingerprint density at radius 2 is 2.16 bits per heavy atom. The Morgan fingerprint density at radius 1 is 1.28 bits per heavy atom. The van der Waals surface area contributed by atoms with Crippen LogP contribution in [0.1, 0.15) is 19.3 Å². The zero-order valence-electron chi connectivity index (χ0n) is 13.9. The highest BCUT2D eigenvalue weighted by Gasteiger charge is 2.27. The number of hydrogen-bond donors (Lipinski definition) is 1. The molecule has 0 bridgehead atoms. The first-order valence-electron chi connectivity index (χ1n) is 8.61. The summed E-state index contributed by atoms with van der Waals surface area (Å²) in [6.45, 7) is 1.70. The van der Waals surface area contributed by atoms with E-state index in [0.717, 1.165) is 19.4 Å². The average molecular weight is 343 g/mol. The summed E-state index contributed by atoms with van der Waals surface area (Å²) in [5, 5.41) is 7.13. The monoisotopic (exact) mass is 343 g/mol. The van der Waals surface area contributed by atoms with Crippen LogP contribution in [0.2, 0.25) is 0 Å². The van der Waals surface area contributed by atoms with Crippen LogP contribution in [0.5, 0.6) is 11.5 Å². The van der Waals surface area contributed by atoms with Gasteiger partial charge in [0.25, 0.3) is 5.91 Å². The van der Waals surface area contributed by atoms with E-state index in [1.807, 2.05) is 24.4 Å². The molecule has 0 radical (unpaired) electrons. The molecule has 2 aromatic rings. The first-order chi connectivity index (χ1) is 12.3. The van der Waals surface area contributed by atoms with Crippen molar-refractivity contribution in [2.24, 2.45) is 0 Å². The third-order valence-corrected chi connectivity index (χ3v) is 4.37. The van der Waals surface area contributed by atoms with Crippen molar-refractivity contribution in [2.75, 3.05) is 18.5 Å². The molecule has 3 heterocycles. The Labute approximate surface area is 145 Å². The lowest BCUT2D eigenvalue weighted by Gasteiger charge is -2.25. The van der Waals surface area contributed by atoms with Crippen LogP contribution >= 0.6 is 0 Å². The van der Waals surface area contributed by atoms with Gasteiger partial charge in [0.1, 0.15) is 6.61 Å². The third-order valence-electron chi connectivity index (χ3n) is 4.37. The molecule has 1 aromatic carbocycles. The SMILES string of the molecule is O=C(Nc1cnn(C[C@H]2CCCCO2)c1)[C@H]1COc2ccccc2O1. The fourth-order valence-corrected chi connectivity index (χ4v) is 3.06. The van der Waals surface area contributed by atoms with E-state index >= 15 is 0 Å². The maximum Gasteiger partial charge on any atom is 0.269 e. The van der Waals surface area contributed by atoms with E-state index in [1.165, 1.54) is 6.42 Å². The van der Waals surface area contributed by atoms with Crippen LogP contribution in [0.3, 0.4) is 0 Å². The van der Waals surface area contributed by atoms with Gasteiger partial charge in [0.05, 0.1) is 24.5 Å². The molecule has 1 fully saturated rings. The fraction of sp³-hybridized carbons (Fsp3) is 0.444. The lowest BCUT2D eigenvalue weighted by Crippen LogP contribution is -2.40. The molecule has 2 atom stereocenters. The highest BCUT2D eigenvalue weighted by atomic mass is 16.6. The van der Waals surface area contributed by atoms with Crippen LogP contribution in [0.25, 0.3) is 0 Å². The van der Waals surface area contributed by atoms with Crippen molar-refractivity contribution in [1.82, 2.24) is 9.78 Å². The van der Waals surface area contributed by atoms with Crippen LogP contribution in [-0.2, 0) is 16.1 Å². The summed E-state index contributed by atoms with van der Waals surface area (Å²) in [6, 6.07) is 7.32. The predicted molar refractivity (Wildman–Crippen MR) is 90.8 cm³/mol. The number of ether oxygens (including phenoxy) is 3. The van der Waals surface area contributed by atoms with Crippen molar-refractivity contribution in [3.8, 4) is 11.5 Å². The van der Waals surface area contributed by atoms with E-state index in [1.54, 1.807) is 16.9 Å². The number of fused-ring (bicyclic) bond motifs is 1. The van der Waals surface area contributed by atoms with Gasteiger partial charge in [-0.1, -0.05) is 12.1 Å². The Balaban J connectivity index is 1.34. The Hall–Kier alpha value is -2.54. The van der Waals surface area contributed by atoms with Gasteiger partial charge in [-0.15, -0.1) is 0 Å². The molecule has 0 spiro atoms. The van der Waals surface area contributed by atoms with Gasteiger partial charge >= 0.3 is 0 Å². The fourth-order valence-electron chi connectivity index (χ4n) is 3.06. The molecular weight excluding hydrogens is 322 g/mol. The molecule has 2 aliphatic rings. The topological polar surface area (TPSA) is 74.6 Å². The van der Waals surface area contributed by atoms with E-state index in [0.29, 0.717) is 23.7 Å². The summed E-state index contributed by atoms with van der Waals surface area (Å²) in [4.78, 5) is 12.4. The quantitative estimate of drug-likeness (QED) is 0.921. The van der Waals surface area contributed by atoms with Gasteiger partial charge < -0.3 is 19.5 Å². The van der Waals surface area contributed by atoms with Gasteiger partial charge in [-0.25, -0.2) is 0 Å². The predicted octanol–water partition coefficient (Wildman–Crippen LogP) is 2.23. The number of para-hydroxylation sites is 2. The average Bonchev–Trinajstić information content (AvgIpc) is 3.09. The van der Waals surface area contributed by atoms with Gasteiger partial charge in [-0.05, 0) is 31.4 Å². The zero-order valence-corrected chi connectivity index (χ0v) is 13.9. The minimum Gasteiger partial charge on any atom is -0.485 e. The Kier molecular flexibility index (Phi) is 4.56. The minimum absolute atomic E-state index is 0.187. The molecule has 1 aromatic heterocycles. The number of amides is 1. The zero-order chi connectivity index (χ0) is 17.1. The summed E-state index contributed by atoms with van der Waals surface area (Å²) in [6.07, 6.45) is 6.34. The number of benzene rings is 1. The van der Waals surface area contributed by atoms with Crippen molar-refractivity contribution in [3.63, 3.8) is 0 Å². The molecule has 2 aliphatic heterocycles. The van der Waals surface area contributed by atoms with E-state index in [4.69, 9.17) is 14.2 Å².